The molecule has 0 radical (unpaired) electrons. The quantitative estimate of drug-likeness (QED) is 0.425. The van der Waals surface area contributed by atoms with E-state index in [-0.39, 0.29) is 11.9 Å². The van der Waals surface area contributed by atoms with Gasteiger partial charge in [-0.2, -0.15) is 0 Å². The number of thiophene rings is 1. The number of rotatable bonds is 5. The molecule has 0 N–H and O–H groups in total. The lowest BCUT2D eigenvalue weighted by Gasteiger charge is -2.22. The zero-order valence-electron chi connectivity index (χ0n) is 17.1. The molecule has 1 aromatic heterocycles. The van der Waals surface area contributed by atoms with E-state index in [1.165, 1.54) is 42.6 Å². The van der Waals surface area contributed by atoms with Crippen molar-refractivity contribution in [3.8, 4) is 26.6 Å². The van der Waals surface area contributed by atoms with Crippen LogP contribution in [0.2, 0.25) is 0 Å². The van der Waals surface area contributed by atoms with Crippen molar-refractivity contribution in [2.45, 2.75) is 50.5 Å². The predicted octanol–water partition coefficient (Wildman–Crippen LogP) is 7.44. The van der Waals surface area contributed by atoms with E-state index in [0.717, 1.165) is 47.1 Å². The molecular formula is C26H27FO2S. The zero-order valence-corrected chi connectivity index (χ0v) is 17.9. The van der Waals surface area contributed by atoms with Crippen LogP contribution in [0.4, 0.5) is 4.39 Å². The summed E-state index contributed by atoms with van der Waals surface area (Å²) in [5.41, 5.74) is 4.04. The third-order valence-corrected chi connectivity index (χ3v) is 7.35. The van der Waals surface area contributed by atoms with Crippen LogP contribution in [-0.4, -0.2) is 19.3 Å². The molecule has 1 aliphatic heterocycles. The topological polar surface area (TPSA) is 18.5 Å². The summed E-state index contributed by atoms with van der Waals surface area (Å²) in [7, 11) is 0. The number of hydrogen-bond acceptors (Lipinski definition) is 3. The number of benzene rings is 2. The Morgan fingerprint density at radius 3 is 2.30 bits per heavy atom. The van der Waals surface area contributed by atoms with Crippen molar-refractivity contribution in [2.24, 2.45) is 0 Å². The van der Waals surface area contributed by atoms with Crippen LogP contribution in [0, 0.1) is 5.82 Å². The van der Waals surface area contributed by atoms with Gasteiger partial charge in [0.25, 0.3) is 0 Å². The molecule has 0 bridgehead atoms. The van der Waals surface area contributed by atoms with E-state index >= 15 is 0 Å². The average molecular weight is 423 g/mol. The lowest BCUT2D eigenvalue weighted by atomic mass is 9.95. The molecule has 0 spiro atoms. The van der Waals surface area contributed by atoms with Crippen molar-refractivity contribution in [1.82, 2.24) is 0 Å². The van der Waals surface area contributed by atoms with E-state index < -0.39 is 0 Å². The molecule has 1 saturated carbocycles. The van der Waals surface area contributed by atoms with E-state index in [0.29, 0.717) is 11.5 Å². The second-order valence-corrected chi connectivity index (χ2v) is 9.39. The molecule has 0 amide bonds. The van der Waals surface area contributed by atoms with Crippen molar-refractivity contribution in [3.05, 3.63) is 66.0 Å². The molecule has 5 rings (SSSR count). The van der Waals surface area contributed by atoms with Crippen molar-refractivity contribution >= 4 is 11.3 Å². The minimum absolute atomic E-state index is 0.188. The van der Waals surface area contributed by atoms with Gasteiger partial charge in [0.15, 0.2) is 5.06 Å². The second-order valence-electron chi connectivity index (χ2n) is 8.35. The number of ether oxygens (including phenoxy) is 2. The minimum Gasteiger partial charge on any atom is -0.481 e. The summed E-state index contributed by atoms with van der Waals surface area (Å²) < 4.78 is 26.4. The van der Waals surface area contributed by atoms with Gasteiger partial charge in [0.2, 0.25) is 0 Å². The highest BCUT2D eigenvalue weighted by molar-refractivity contribution is 7.17. The Balaban J connectivity index is 1.31. The van der Waals surface area contributed by atoms with Crippen LogP contribution in [0.1, 0.15) is 50.0 Å². The highest BCUT2D eigenvalue weighted by atomic mass is 32.1. The fraction of sp³-hybridized carbons (Fsp3) is 0.385. The Bertz CT molecular complexity index is 983. The maximum atomic E-state index is 15.0. The van der Waals surface area contributed by atoms with Gasteiger partial charge >= 0.3 is 0 Å². The normalized spacial score (nSPS) is 18.0. The summed E-state index contributed by atoms with van der Waals surface area (Å²) in [6.07, 6.45) is 7.29. The number of hydrogen-bond donors (Lipinski definition) is 0. The SMILES string of the molecule is Fc1cc(-c2ccc(C3CCCC3)cc2)ccc1-c1ccc(OC2CCOCC2)s1. The third kappa shape index (κ3) is 4.30. The molecule has 2 aliphatic rings. The van der Waals surface area contributed by atoms with E-state index in [1.807, 2.05) is 24.3 Å². The minimum atomic E-state index is -0.188. The lowest BCUT2D eigenvalue weighted by Crippen LogP contribution is -2.25. The molecule has 2 aromatic carbocycles. The molecule has 0 unspecified atom stereocenters. The van der Waals surface area contributed by atoms with Gasteiger partial charge in [-0.3, -0.25) is 0 Å². The highest BCUT2D eigenvalue weighted by Gasteiger charge is 2.18. The van der Waals surface area contributed by atoms with Gasteiger partial charge in [-0.05, 0) is 59.7 Å². The first-order chi connectivity index (χ1) is 14.8. The molecule has 1 saturated heterocycles. The van der Waals surface area contributed by atoms with Crippen LogP contribution in [0.25, 0.3) is 21.6 Å². The summed E-state index contributed by atoms with van der Waals surface area (Å²) in [6.45, 7) is 1.50. The second kappa shape index (κ2) is 8.91. The van der Waals surface area contributed by atoms with Crippen molar-refractivity contribution in [2.75, 3.05) is 13.2 Å². The van der Waals surface area contributed by atoms with Crippen molar-refractivity contribution in [3.63, 3.8) is 0 Å². The molecule has 4 heteroatoms. The van der Waals surface area contributed by atoms with Crippen LogP contribution >= 0.6 is 11.3 Å². The molecule has 156 valence electrons. The monoisotopic (exact) mass is 422 g/mol. The molecule has 0 atom stereocenters. The van der Waals surface area contributed by atoms with Crippen LogP contribution in [-0.2, 0) is 4.74 Å². The standard InChI is InChI=1S/C26H27FO2S/c27-24-17-21(20-7-5-19(6-8-20)18-3-1-2-4-18)9-10-23(24)25-11-12-26(30-25)29-22-13-15-28-16-14-22/h5-12,17-18,22H,1-4,13-16H2. The van der Waals surface area contributed by atoms with Crippen LogP contribution in [0.3, 0.4) is 0 Å². The van der Waals surface area contributed by atoms with Gasteiger partial charge in [0.1, 0.15) is 11.9 Å². The summed E-state index contributed by atoms with van der Waals surface area (Å²) in [6, 6.07) is 18.2. The first kappa shape index (κ1) is 19.8. The van der Waals surface area contributed by atoms with Crippen LogP contribution < -0.4 is 4.74 Å². The summed E-state index contributed by atoms with van der Waals surface area (Å²) >= 11 is 1.51. The van der Waals surface area contributed by atoms with Gasteiger partial charge in [0, 0.05) is 23.3 Å². The highest BCUT2D eigenvalue weighted by Crippen LogP contribution is 2.38. The van der Waals surface area contributed by atoms with Crippen LogP contribution in [0.5, 0.6) is 5.06 Å². The molecule has 2 heterocycles. The Kier molecular flexibility index (Phi) is 5.87. The predicted molar refractivity (Wildman–Crippen MR) is 121 cm³/mol. The van der Waals surface area contributed by atoms with Gasteiger partial charge in [-0.1, -0.05) is 54.5 Å². The fourth-order valence-electron chi connectivity index (χ4n) is 4.59. The van der Waals surface area contributed by atoms with E-state index in [4.69, 9.17) is 9.47 Å². The lowest BCUT2D eigenvalue weighted by molar-refractivity contribution is 0.0271. The Labute approximate surface area is 181 Å². The molecule has 30 heavy (non-hydrogen) atoms. The maximum Gasteiger partial charge on any atom is 0.174 e. The Morgan fingerprint density at radius 1 is 0.833 bits per heavy atom. The Hall–Kier alpha value is -2.17. The summed E-state index contributed by atoms with van der Waals surface area (Å²) in [4.78, 5) is 0.901. The Morgan fingerprint density at radius 2 is 1.57 bits per heavy atom. The molecule has 2 fully saturated rings. The first-order valence-corrected chi connectivity index (χ1v) is 11.8. The molecule has 3 aromatic rings. The fourth-order valence-corrected chi connectivity index (χ4v) is 5.54. The zero-order chi connectivity index (χ0) is 20.3. The smallest absolute Gasteiger partial charge is 0.174 e. The summed E-state index contributed by atoms with van der Waals surface area (Å²) in [5.74, 6) is 0.515. The average Bonchev–Trinajstić information content (AvgIpc) is 3.47. The van der Waals surface area contributed by atoms with Gasteiger partial charge in [0.05, 0.1) is 13.2 Å². The van der Waals surface area contributed by atoms with Gasteiger partial charge < -0.3 is 9.47 Å². The van der Waals surface area contributed by atoms with Crippen molar-refractivity contribution < 1.29 is 13.9 Å². The largest absolute Gasteiger partial charge is 0.481 e. The first-order valence-electron chi connectivity index (χ1n) is 11.0. The molecule has 1 aliphatic carbocycles. The van der Waals surface area contributed by atoms with E-state index in [9.17, 15) is 4.39 Å². The summed E-state index contributed by atoms with van der Waals surface area (Å²) in [5, 5.41) is 0.850. The van der Waals surface area contributed by atoms with E-state index in [2.05, 4.69) is 24.3 Å². The van der Waals surface area contributed by atoms with Gasteiger partial charge in [-0.25, -0.2) is 4.39 Å². The van der Waals surface area contributed by atoms with Crippen LogP contribution in [0.15, 0.2) is 54.6 Å². The number of halogens is 1. The maximum absolute atomic E-state index is 15.0. The van der Waals surface area contributed by atoms with E-state index in [1.54, 1.807) is 6.07 Å². The third-order valence-electron chi connectivity index (χ3n) is 6.34. The van der Waals surface area contributed by atoms with Gasteiger partial charge in [-0.15, -0.1) is 0 Å². The van der Waals surface area contributed by atoms with Crippen molar-refractivity contribution in [1.29, 1.82) is 0 Å². The molecule has 2 nitrogen and oxygen atoms in total. The molecular weight excluding hydrogens is 395 g/mol.